The van der Waals surface area contributed by atoms with Gasteiger partial charge in [0.2, 0.25) is 0 Å². The molecule has 1 N–H and O–H groups in total. The van der Waals surface area contributed by atoms with Crippen LogP contribution >= 0.6 is 0 Å². The van der Waals surface area contributed by atoms with Crippen LogP contribution in [0.3, 0.4) is 0 Å². The first-order chi connectivity index (χ1) is 7.58. The Morgan fingerprint density at radius 2 is 2.12 bits per heavy atom. The van der Waals surface area contributed by atoms with Gasteiger partial charge in [0, 0.05) is 38.4 Å². The molecule has 4 heteroatoms. The van der Waals surface area contributed by atoms with E-state index in [9.17, 15) is 4.79 Å². The van der Waals surface area contributed by atoms with Crippen LogP contribution in [0.2, 0.25) is 0 Å². The molecule has 0 spiro atoms. The molecule has 1 aromatic rings. The molecule has 0 atom stereocenters. The average Bonchev–Trinajstić information content (AvgIpc) is 2.24. The maximum Gasteiger partial charge on any atom is 0.254 e. The van der Waals surface area contributed by atoms with Crippen molar-refractivity contribution in [3.05, 3.63) is 29.8 Å². The third-order valence-corrected chi connectivity index (χ3v) is 2.76. The fraction of sp³-hybridized carbons (Fsp3) is 0.417. The van der Waals surface area contributed by atoms with Gasteiger partial charge in [0.1, 0.15) is 0 Å². The SMILES string of the molecule is CN(C)c1cccc(C(=O)N2CC(O)C2)c1. The summed E-state index contributed by atoms with van der Waals surface area (Å²) in [5, 5.41) is 9.15. The third-order valence-electron chi connectivity index (χ3n) is 2.76. The predicted octanol–water partition coefficient (Wildman–Crippen LogP) is 0.569. The maximum absolute atomic E-state index is 11.9. The number of aliphatic hydroxyl groups is 1. The standard InChI is InChI=1S/C12H16N2O2/c1-13(2)10-5-3-4-9(6-10)12(16)14-7-11(15)8-14/h3-6,11,15H,7-8H2,1-2H3. The Kier molecular flexibility index (Phi) is 2.83. The minimum atomic E-state index is -0.346. The first-order valence-electron chi connectivity index (χ1n) is 5.32. The molecular formula is C12H16N2O2. The molecule has 86 valence electrons. The second kappa shape index (κ2) is 4.14. The smallest absolute Gasteiger partial charge is 0.254 e. The van der Waals surface area contributed by atoms with Crippen molar-refractivity contribution in [2.24, 2.45) is 0 Å². The van der Waals surface area contributed by atoms with Gasteiger partial charge in [0.05, 0.1) is 6.10 Å². The van der Waals surface area contributed by atoms with E-state index in [2.05, 4.69) is 0 Å². The number of benzene rings is 1. The molecule has 1 saturated heterocycles. The van der Waals surface area contributed by atoms with Gasteiger partial charge < -0.3 is 14.9 Å². The van der Waals surface area contributed by atoms with Gasteiger partial charge in [-0.1, -0.05) is 6.07 Å². The molecule has 0 unspecified atom stereocenters. The molecule has 0 bridgehead atoms. The number of aliphatic hydroxyl groups excluding tert-OH is 1. The lowest BCUT2D eigenvalue weighted by Crippen LogP contribution is -2.53. The zero-order valence-corrected chi connectivity index (χ0v) is 9.55. The summed E-state index contributed by atoms with van der Waals surface area (Å²) < 4.78 is 0. The van der Waals surface area contributed by atoms with Crippen LogP contribution < -0.4 is 4.90 Å². The molecule has 2 rings (SSSR count). The van der Waals surface area contributed by atoms with E-state index < -0.39 is 0 Å². The number of nitrogens with zero attached hydrogens (tertiary/aromatic N) is 2. The van der Waals surface area contributed by atoms with Crippen LogP contribution in [-0.4, -0.2) is 49.2 Å². The summed E-state index contributed by atoms with van der Waals surface area (Å²) in [6.07, 6.45) is -0.346. The van der Waals surface area contributed by atoms with Gasteiger partial charge in [-0.25, -0.2) is 0 Å². The quantitative estimate of drug-likeness (QED) is 0.792. The Morgan fingerprint density at radius 3 is 2.69 bits per heavy atom. The van der Waals surface area contributed by atoms with E-state index in [0.717, 1.165) is 5.69 Å². The maximum atomic E-state index is 11.9. The van der Waals surface area contributed by atoms with E-state index in [4.69, 9.17) is 5.11 Å². The van der Waals surface area contributed by atoms with Gasteiger partial charge in [0.25, 0.3) is 5.91 Å². The Morgan fingerprint density at radius 1 is 1.44 bits per heavy atom. The van der Waals surface area contributed by atoms with Crippen LogP contribution in [-0.2, 0) is 0 Å². The van der Waals surface area contributed by atoms with Gasteiger partial charge in [-0.15, -0.1) is 0 Å². The van der Waals surface area contributed by atoms with Gasteiger partial charge in [-0.3, -0.25) is 4.79 Å². The molecule has 1 aliphatic rings. The summed E-state index contributed by atoms with van der Waals surface area (Å²) in [6.45, 7) is 0.899. The fourth-order valence-electron chi connectivity index (χ4n) is 1.72. The van der Waals surface area contributed by atoms with Crippen molar-refractivity contribution in [2.75, 3.05) is 32.1 Å². The number of carbonyl (C=O) groups is 1. The lowest BCUT2D eigenvalue weighted by Gasteiger charge is -2.36. The average molecular weight is 220 g/mol. The number of hydrogen-bond acceptors (Lipinski definition) is 3. The normalized spacial score (nSPS) is 15.8. The summed E-state index contributed by atoms with van der Waals surface area (Å²) in [7, 11) is 3.88. The Labute approximate surface area is 95.1 Å². The van der Waals surface area contributed by atoms with Crippen LogP contribution in [0, 0.1) is 0 Å². The molecular weight excluding hydrogens is 204 g/mol. The lowest BCUT2D eigenvalue weighted by atomic mass is 10.1. The molecule has 1 aromatic carbocycles. The first kappa shape index (κ1) is 11.0. The molecule has 1 amide bonds. The molecule has 16 heavy (non-hydrogen) atoms. The van der Waals surface area contributed by atoms with Gasteiger partial charge in [-0.05, 0) is 18.2 Å². The largest absolute Gasteiger partial charge is 0.389 e. The van der Waals surface area contributed by atoms with Gasteiger partial charge in [-0.2, -0.15) is 0 Å². The first-order valence-corrected chi connectivity index (χ1v) is 5.32. The van der Waals surface area contributed by atoms with Crippen LogP contribution in [0.5, 0.6) is 0 Å². The van der Waals surface area contributed by atoms with Crippen LogP contribution in [0.25, 0.3) is 0 Å². The summed E-state index contributed by atoms with van der Waals surface area (Å²) in [5.41, 5.74) is 1.69. The van der Waals surface area contributed by atoms with Crippen LogP contribution in [0.4, 0.5) is 5.69 Å². The lowest BCUT2D eigenvalue weighted by molar-refractivity contribution is 0.00590. The number of carbonyl (C=O) groups excluding carboxylic acids is 1. The van der Waals surface area contributed by atoms with E-state index in [1.807, 2.05) is 37.2 Å². The number of hydrogen-bond donors (Lipinski definition) is 1. The summed E-state index contributed by atoms with van der Waals surface area (Å²) in [4.78, 5) is 15.6. The fourth-order valence-corrected chi connectivity index (χ4v) is 1.72. The van der Waals surface area contributed by atoms with Crippen molar-refractivity contribution >= 4 is 11.6 Å². The van der Waals surface area contributed by atoms with Gasteiger partial charge in [0.15, 0.2) is 0 Å². The topological polar surface area (TPSA) is 43.8 Å². The number of rotatable bonds is 2. The highest BCUT2D eigenvalue weighted by Crippen LogP contribution is 2.17. The zero-order chi connectivity index (χ0) is 11.7. The third kappa shape index (κ3) is 2.02. The number of anilines is 1. The minimum absolute atomic E-state index is 0.00556. The Bertz CT molecular complexity index is 398. The van der Waals surface area contributed by atoms with Crippen molar-refractivity contribution in [1.29, 1.82) is 0 Å². The molecule has 0 aliphatic carbocycles. The van der Waals surface area contributed by atoms with E-state index in [1.165, 1.54) is 0 Å². The summed E-state index contributed by atoms with van der Waals surface area (Å²) in [5.74, 6) is -0.00556. The highest BCUT2D eigenvalue weighted by molar-refractivity contribution is 5.95. The van der Waals surface area contributed by atoms with Crippen molar-refractivity contribution < 1.29 is 9.90 Å². The van der Waals surface area contributed by atoms with E-state index in [0.29, 0.717) is 18.7 Å². The van der Waals surface area contributed by atoms with Gasteiger partial charge >= 0.3 is 0 Å². The summed E-state index contributed by atoms with van der Waals surface area (Å²) >= 11 is 0. The zero-order valence-electron chi connectivity index (χ0n) is 9.55. The number of amides is 1. The summed E-state index contributed by atoms with van der Waals surface area (Å²) in [6, 6.07) is 7.51. The van der Waals surface area contributed by atoms with Crippen molar-refractivity contribution in [3.8, 4) is 0 Å². The van der Waals surface area contributed by atoms with Crippen molar-refractivity contribution in [1.82, 2.24) is 4.90 Å². The highest BCUT2D eigenvalue weighted by atomic mass is 16.3. The van der Waals surface area contributed by atoms with E-state index in [1.54, 1.807) is 11.0 Å². The minimum Gasteiger partial charge on any atom is -0.389 e. The second-order valence-corrected chi connectivity index (χ2v) is 4.31. The highest BCUT2D eigenvalue weighted by Gasteiger charge is 2.29. The Hall–Kier alpha value is -1.55. The molecule has 0 aromatic heterocycles. The van der Waals surface area contributed by atoms with Crippen molar-refractivity contribution in [2.45, 2.75) is 6.10 Å². The van der Waals surface area contributed by atoms with Crippen molar-refractivity contribution in [3.63, 3.8) is 0 Å². The molecule has 1 heterocycles. The molecule has 0 saturated carbocycles. The second-order valence-electron chi connectivity index (χ2n) is 4.31. The van der Waals surface area contributed by atoms with Crippen LogP contribution in [0.15, 0.2) is 24.3 Å². The van der Waals surface area contributed by atoms with Crippen LogP contribution in [0.1, 0.15) is 10.4 Å². The molecule has 1 fully saturated rings. The molecule has 1 aliphatic heterocycles. The Balaban J connectivity index is 2.14. The number of β-amino-alcohol motifs (C(OH)–C–C–N with tert-alkyl or cyclic N) is 1. The number of likely N-dealkylation sites (tertiary alicyclic amines) is 1. The monoisotopic (exact) mass is 220 g/mol. The molecule has 0 radical (unpaired) electrons. The van der Waals surface area contributed by atoms with E-state index in [-0.39, 0.29) is 12.0 Å². The van der Waals surface area contributed by atoms with E-state index >= 15 is 0 Å². The predicted molar refractivity (Wildman–Crippen MR) is 62.7 cm³/mol. The molecule has 4 nitrogen and oxygen atoms in total.